The molecule has 0 spiro atoms. The van der Waals surface area contributed by atoms with E-state index in [1.165, 1.54) is 0 Å². The molecule has 3 rings (SSSR count). The van der Waals surface area contributed by atoms with E-state index in [1.807, 2.05) is 0 Å². The number of hydrogen-bond donors (Lipinski definition) is 1. The van der Waals surface area contributed by atoms with E-state index in [2.05, 4.69) is 0 Å². The molecule has 1 amide bonds. The summed E-state index contributed by atoms with van der Waals surface area (Å²) in [7, 11) is -4.24. The number of hydrogen-bond acceptors (Lipinski definition) is 4. The largest absolute Gasteiger partial charge is 0.493 e. The number of carbonyl (C=O) groups excluding carboxylic acids is 1. The molecule has 1 aliphatic rings. The zero-order valence-corrected chi connectivity index (χ0v) is 17.6. The van der Waals surface area contributed by atoms with Gasteiger partial charge >= 0.3 is 0 Å². The second-order valence-corrected chi connectivity index (χ2v) is 9.75. The standard InChI is InChI=1S/C20H21ClF2N2O4S/c21-14-3-1-4-16(9-14)29-13-20(11-19(24)26)7-2-8-25(12-20)30(27,28)18-6-5-15(22)10-17(18)23/h1,3-6,9-10H,2,7-8,11-13H2,(H2,24,26). The lowest BCUT2D eigenvalue weighted by Gasteiger charge is -2.41. The maximum absolute atomic E-state index is 14.2. The van der Waals surface area contributed by atoms with Crippen molar-refractivity contribution in [2.75, 3.05) is 19.7 Å². The lowest BCUT2D eigenvalue weighted by molar-refractivity contribution is -0.121. The lowest BCUT2D eigenvalue weighted by atomic mass is 9.78. The summed E-state index contributed by atoms with van der Waals surface area (Å²) >= 11 is 5.96. The van der Waals surface area contributed by atoms with Crippen LogP contribution in [-0.2, 0) is 14.8 Å². The molecule has 2 N–H and O–H groups in total. The summed E-state index contributed by atoms with van der Waals surface area (Å²) < 4.78 is 60.3. The fourth-order valence-electron chi connectivity index (χ4n) is 3.67. The third-order valence-corrected chi connectivity index (χ3v) is 7.14. The van der Waals surface area contributed by atoms with Crippen LogP contribution in [0.1, 0.15) is 19.3 Å². The fraction of sp³-hybridized carbons (Fsp3) is 0.350. The molecule has 6 nitrogen and oxygen atoms in total. The lowest BCUT2D eigenvalue weighted by Crippen LogP contribution is -2.50. The third-order valence-electron chi connectivity index (χ3n) is 5.03. The van der Waals surface area contributed by atoms with Gasteiger partial charge in [-0.1, -0.05) is 17.7 Å². The number of amides is 1. The van der Waals surface area contributed by atoms with Gasteiger partial charge in [0.25, 0.3) is 0 Å². The Bertz CT molecular complexity index is 1050. The van der Waals surface area contributed by atoms with Crippen molar-refractivity contribution in [3.63, 3.8) is 0 Å². The highest BCUT2D eigenvalue weighted by Crippen LogP contribution is 2.37. The Hall–Kier alpha value is -2.23. The second kappa shape index (κ2) is 8.87. The molecule has 0 saturated carbocycles. The molecule has 1 saturated heterocycles. The number of primary amides is 1. The predicted molar refractivity (Wildman–Crippen MR) is 108 cm³/mol. The Morgan fingerprint density at radius 2 is 2.00 bits per heavy atom. The van der Waals surface area contributed by atoms with E-state index < -0.39 is 37.9 Å². The van der Waals surface area contributed by atoms with E-state index in [1.54, 1.807) is 24.3 Å². The van der Waals surface area contributed by atoms with Crippen LogP contribution in [0.25, 0.3) is 0 Å². The van der Waals surface area contributed by atoms with Crippen molar-refractivity contribution in [1.29, 1.82) is 0 Å². The van der Waals surface area contributed by atoms with Gasteiger partial charge in [0.2, 0.25) is 15.9 Å². The van der Waals surface area contributed by atoms with Crippen molar-refractivity contribution in [3.05, 3.63) is 59.1 Å². The van der Waals surface area contributed by atoms with Crippen LogP contribution in [0, 0.1) is 17.0 Å². The van der Waals surface area contributed by atoms with Gasteiger partial charge in [0.15, 0.2) is 0 Å². The summed E-state index contributed by atoms with van der Waals surface area (Å²) in [6.45, 7) is 0.0701. The van der Waals surface area contributed by atoms with Gasteiger partial charge in [-0.2, -0.15) is 4.31 Å². The average molecular weight is 459 g/mol. The van der Waals surface area contributed by atoms with Crippen LogP contribution in [0.4, 0.5) is 8.78 Å². The highest BCUT2D eigenvalue weighted by atomic mass is 35.5. The van der Waals surface area contributed by atoms with Gasteiger partial charge in [-0.05, 0) is 43.2 Å². The van der Waals surface area contributed by atoms with Crippen molar-refractivity contribution in [2.24, 2.45) is 11.1 Å². The van der Waals surface area contributed by atoms with Gasteiger partial charge in [0.1, 0.15) is 22.3 Å². The maximum atomic E-state index is 14.2. The molecule has 162 valence electrons. The first-order chi connectivity index (χ1) is 14.1. The molecule has 0 aromatic heterocycles. The topological polar surface area (TPSA) is 89.7 Å². The van der Waals surface area contributed by atoms with Gasteiger partial charge in [-0.25, -0.2) is 17.2 Å². The smallest absolute Gasteiger partial charge is 0.246 e. The van der Waals surface area contributed by atoms with E-state index in [0.717, 1.165) is 16.4 Å². The summed E-state index contributed by atoms with van der Waals surface area (Å²) in [6.07, 6.45) is 0.814. The fourth-order valence-corrected chi connectivity index (χ4v) is 5.48. The molecule has 1 heterocycles. The molecule has 2 aromatic rings. The Morgan fingerprint density at radius 3 is 2.67 bits per heavy atom. The minimum Gasteiger partial charge on any atom is -0.493 e. The monoisotopic (exact) mass is 458 g/mol. The van der Waals surface area contributed by atoms with Crippen LogP contribution in [0.2, 0.25) is 5.02 Å². The number of halogens is 3. The normalized spacial score (nSPS) is 20.1. The molecule has 0 bridgehead atoms. The van der Waals surface area contributed by atoms with Crippen LogP contribution in [0.15, 0.2) is 47.4 Å². The molecule has 1 unspecified atom stereocenters. The molecule has 0 aliphatic carbocycles. The minimum atomic E-state index is -4.24. The molecule has 30 heavy (non-hydrogen) atoms. The Balaban J connectivity index is 1.86. The molecular weight excluding hydrogens is 438 g/mol. The minimum absolute atomic E-state index is 0.0220. The Kier molecular flexibility index (Phi) is 6.64. The third kappa shape index (κ3) is 5.08. The van der Waals surface area contributed by atoms with Crippen LogP contribution in [0.5, 0.6) is 5.75 Å². The first-order valence-corrected chi connectivity index (χ1v) is 11.1. The average Bonchev–Trinajstić information content (AvgIpc) is 2.66. The summed E-state index contributed by atoms with van der Waals surface area (Å²) in [5, 5.41) is 0.469. The van der Waals surface area contributed by atoms with Crippen molar-refractivity contribution in [3.8, 4) is 5.75 Å². The van der Waals surface area contributed by atoms with Crippen molar-refractivity contribution < 1.29 is 26.7 Å². The van der Waals surface area contributed by atoms with Crippen LogP contribution >= 0.6 is 11.6 Å². The van der Waals surface area contributed by atoms with Crippen molar-refractivity contribution in [1.82, 2.24) is 4.31 Å². The van der Waals surface area contributed by atoms with E-state index in [9.17, 15) is 22.0 Å². The number of nitrogens with two attached hydrogens (primary N) is 1. The zero-order chi connectivity index (χ0) is 21.9. The van der Waals surface area contributed by atoms with E-state index in [-0.39, 0.29) is 26.1 Å². The number of nitrogens with zero attached hydrogens (tertiary/aromatic N) is 1. The van der Waals surface area contributed by atoms with E-state index in [4.69, 9.17) is 22.1 Å². The molecular formula is C20H21ClF2N2O4S. The predicted octanol–water partition coefficient (Wildman–Crippen LogP) is 3.34. The maximum Gasteiger partial charge on any atom is 0.246 e. The highest BCUT2D eigenvalue weighted by Gasteiger charge is 2.42. The van der Waals surface area contributed by atoms with Gasteiger partial charge in [0.05, 0.1) is 6.61 Å². The zero-order valence-electron chi connectivity index (χ0n) is 16.0. The van der Waals surface area contributed by atoms with E-state index in [0.29, 0.717) is 29.7 Å². The quantitative estimate of drug-likeness (QED) is 0.689. The molecule has 2 aromatic carbocycles. The highest BCUT2D eigenvalue weighted by molar-refractivity contribution is 7.89. The van der Waals surface area contributed by atoms with Gasteiger partial charge in [-0.15, -0.1) is 0 Å². The summed E-state index contributed by atoms with van der Waals surface area (Å²) in [4.78, 5) is 11.1. The van der Waals surface area contributed by atoms with Crippen LogP contribution in [-0.4, -0.2) is 38.3 Å². The molecule has 1 aliphatic heterocycles. The number of sulfonamides is 1. The van der Waals surface area contributed by atoms with Gasteiger partial charge in [-0.3, -0.25) is 4.79 Å². The first kappa shape index (κ1) is 22.5. The summed E-state index contributed by atoms with van der Waals surface area (Å²) in [5.41, 5.74) is 4.53. The van der Waals surface area contributed by atoms with Gasteiger partial charge in [0, 0.05) is 36.0 Å². The number of carbonyl (C=O) groups is 1. The first-order valence-electron chi connectivity index (χ1n) is 9.23. The number of benzene rings is 2. The van der Waals surface area contributed by atoms with E-state index >= 15 is 0 Å². The molecule has 1 fully saturated rings. The van der Waals surface area contributed by atoms with Crippen LogP contribution in [0.3, 0.4) is 0 Å². The molecule has 1 atom stereocenters. The molecule has 10 heteroatoms. The Labute approximate surface area is 178 Å². The number of ether oxygens (including phenoxy) is 1. The van der Waals surface area contributed by atoms with Gasteiger partial charge < -0.3 is 10.5 Å². The van der Waals surface area contributed by atoms with Crippen molar-refractivity contribution in [2.45, 2.75) is 24.2 Å². The second-order valence-electron chi connectivity index (χ2n) is 7.41. The molecule has 0 radical (unpaired) electrons. The Morgan fingerprint density at radius 1 is 1.23 bits per heavy atom. The van der Waals surface area contributed by atoms with Crippen LogP contribution < -0.4 is 10.5 Å². The summed E-state index contributed by atoms with van der Waals surface area (Å²) in [6, 6.07) is 8.98. The number of rotatable bonds is 7. The van der Waals surface area contributed by atoms with Crippen molar-refractivity contribution >= 4 is 27.5 Å². The SMILES string of the molecule is NC(=O)CC1(COc2cccc(Cl)c2)CCCN(S(=O)(=O)c2ccc(F)cc2F)C1. The number of piperidine rings is 1. The summed E-state index contributed by atoms with van der Waals surface area (Å²) in [5.74, 6) is -2.17.